The molecule has 1 unspecified atom stereocenters. The topological polar surface area (TPSA) is 59.8 Å². The van der Waals surface area contributed by atoms with Crippen molar-refractivity contribution in [2.24, 2.45) is 0 Å². The van der Waals surface area contributed by atoms with Crippen LogP contribution in [-0.2, 0) is 11.3 Å². The first-order chi connectivity index (χ1) is 9.45. The predicted molar refractivity (Wildman–Crippen MR) is 77.5 cm³/mol. The van der Waals surface area contributed by atoms with E-state index in [1.165, 1.54) is 4.68 Å². The van der Waals surface area contributed by atoms with E-state index < -0.39 is 0 Å². The summed E-state index contributed by atoms with van der Waals surface area (Å²) in [4.78, 5) is 16.2. The monoisotopic (exact) mass is 292 g/mol. The van der Waals surface area contributed by atoms with Crippen LogP contribution in [0.3, 0.4) is 0 Å². The number of nitrogens with zero attached hydrogens (tertiary/aromatic N) is 3. The standard InChI is InChI=1S/C14H17ClN4O/c1-9-4-5-12(6-16-9)10(2)17-14(20)8-19-7-13(15)11(3)18-19/h4-7,10H,8H2,1-3H3,(H,17,20). The maximum atomic E-state index is 11.9. The van der Waals surface area contributed by atoms with E-state index >= 15 is 0 Å². The van der Waals surface area contributed by atoms with Gasteiger partial charge < -0.3 is 5.32 Å². The summed E-state index contributed by atoms with van der Waals surface area (Å²) >= 11 is 5.91. The Labute approximate surface area is 123 Å². The Hall–Kier alpha value is -1.88. The summed E-state index contributed by atoms with van der Waals surface area (Å²) in [5.41, 5.74) is 2.64. The fourth-order valence-corrected chi connectivity index (χ4v) is 1.98. The molecule has 0 aliphatic carbocycles. The van der Waals surface area contributed by atoms with Crippen molar-refractivity contribution in [2.45, 2.75) is 33.4 Å². The third kappa shape index (κ3) is 3.57. The summed E-state index contributed by atoms with van der Waals surface area (Å²) in [6.07, 6.45) is 3.42. The highest BCUT2D eigenvalue weighted by Crippen LogP contribution is 2.13. The number of carbonyl (C=O) groups is 1. The van der Waals surface area contributed by atoms with Gasteiger partial charge in [0.25, 0.3) is 0 Å². The number of carbonyl (C=O) groups excluding carboxylic acids is 1. The third-order valence-electron chi connectivity index (χ3n) is 3.00. The van der Waals surface area contributed by atoms with Gasteiger partial charge in [0, 0.05) is 18.1 Å². The van der Waals surface area contributed by atoms with Crippen LogP contribution in [0.25, 0.3) is 0 Å². The molecule has 2 aromatic rings. The number of hydrogen-bond acceptors (Lipinski definition) is 3. The minimum Gasteiger partial charge on any atom is -0.348 e. The number of pyridine rings is 1. The lowest BCUT2D eigenvalue weighted by Crippen LogP contribution is -2.30. The van der Waals surface area contributed by atoms with Crippen LogP contribution >= 0.6 is 11.6 Å². The van der Waals surface area contributed by atoms with Gasteiger partial charge in [-0.2, -0.15) is 5.10 Å². The molecule has 2 rings (SSSR count). The highest BCUT2D eigenvalue weighted by Gasteiger charge is 2.11. The van der Waals surface area contributed by atoms with E-state index in [9.17, 15) is 4.79 Å². The molecule has 1 N–H and O–H groups in total. The zero-order chi connectivity index (χ0) is 14.7. The van der Waals surface area contributed by atoms with Gasteiger partial charge in [-0.1, -0.05) is 17.7 Å². The molecule has 0 aliphatic heterocycles. The SMILES string of the molecule is Cc1ccc(C(C)NC(=O)Cn2cc(Cl)c(C)n2)cn1. The molecule has 0 bridgehead atoms. The van der Waals surface area contributed by atoms with Gasteiger partial charge in [-0.25, -0.2) is 0 Å². The molecule has 106 valence electrons. The predicted octanol–water partition coefficient (Wildman–Crippen LogP) is 2.43. The van der Waals surface area contributed by atoms with Crippen LogP contribution in [0.1, 0.15) is 29.9 Å². The summed E-state index contributed by atoms with van der Waals surface area (Å²) in [5, 5.41) is 7.63. The van der Waals surface area contributed by atoms with Gasteiger partial charge >= 0.3 is 0 Å². The lowest BCUT2D eigenvalue weighted by molar-refractivity contribution is -0.122. The quantitative estimate of drug-likeness (QED) is 0.941. The smallest absolute Gasteiger partial charge is 0.242 e. The number of rotatable bonds is 4. The lowest BCUT2D eigenvalue weighted by atomic mass is 10.1. The highest BCUT2D eigenvalue weighted by atomic mass is 35.5. The zero-order valence-electron chi connectivity index (χ0n) is 11.7. The molecule has 0 radical (unpaired) electrons. The fraction of sp³-hybridized carbons (Fsp3) is 0.357. The van der Waals surface area contributed by atoms with Crippen LogP contribution in [0.4, 0.5) is 0 Å². The van der Waals surface area contributed by atoms with Gasteiger partial charge in [0.15, 0.2) is 0 Å². The van der Waals surface area contributed by atoms with E-state index in [2.05, 4.69) is 15.4 Å². The molecule has 0 aromatic carbocycles. The maximum Gasteiger partial charge on any atom is 0.242 e. The minimum absolute atomic E-state index is 0.0947. The molecule has 6 heteroatoms. The van der Waals surface area contributed by atoms with Gasteiger partial charge in [-0.05, 0) is 32.4 Å². The van der Waals surface area contributed by atoms with E-state index in [0.29, 0.717) is 5.02 Å². The minimum atomic E-state index is -0.114. The van der Waals surface area contributed by atoms with E-state index in [1.54, 1.807) is 19.3 Å². The largest absolute Gasteiger partial charge is 0.348 e. The third-order valence-corrected chi connectivity index (χ3v) is 3.37. The molecular weight excluding hydrogens is 276 g/mol. The second kappa shape index (κ2) is 6.05. The Morgan fingerprint density at radius 1 is 1.45 bits per heavy atom. The fourth-order valence-electron chi connectivity index (χ4n) is 1.83. The van der Waals surface area contributed by atoms with Gasteiger partial charge in [0.05, 0.1) is 16.8 Å². The first-order valence-corrected chi connectivity index (χ1v) is 6.75. The molecule has 0 aliphatic rings. The first kappa shape index (κ1) is 14.5. The molecular formula is C14H17ClN4O. The van der Waals surface area contributed by atoms with Crippen LogP contribution < -0.4 is 5.32 Å². The van der Waals surface area contributed by atoms with Gasteiger partial charge in [0.1, 0.15) is 6.54 Å². The van der Waals surface area contributed by atoms with Crippen LogP contribution in [0.5, 0.6) is 0 Å². The van der Waals surface area contributed by atoms with Crippen molar-refractivity contribution >= 4 is 17.5 Å². The lowest BCUT2D eigenvalue weighted by Gasteiger charge is -2.14. The van der Waals surface area contributed by atoms with Crippen molar-refractivity contribution in [3.05, 3.63) is 46.5 Å². The van der Waals surface area contributed by atoms with Gasteiger partial charge in [-0.3, -0.25) is 14.5 Å². The molecule has 0 saturated carbocycles. The van der Waals surface area contributed by atoms with Gasteiger partial charge in [-0.15, -0.1) is 0 Å². The van der Waals surface area contributed by atoms with Crippen LogP contribution in [0, 0.1) is 13.8 Å². The number of amides is 1. The number of nitrogens with one attached hydrogen (secondary N) is 1. The second-order valence-corrected chi connectivity index (χ2v) is 5.19. The van der Waals surface area contributed by atoms with Crippen molar-refractivity contribution in [1.29, 1.82) is 0 Å². The zero-order valence-corrected chi connectivity index (χ0v) is 12.5. The Balaban J connectivity index is 1.95. The second-order valence-electron chi connectivity index (χ2n) is 4.78. The molecule has 0 saturated heterocycles. The van der Waals surface area contributed by atoms with E-state index in [-0.39, 0.29) is 18.5 Å². The molecule has 2 heterocycles. The van der Waals surface area contributed by atoms with Crippen LogP contribution in [0.15, 0.2) is 24.5 Å². The molecule has 1 amide bonds. The van der Waals surface area contributed by atoms with E-state index in [4.69, 9.17) is 11.6 Å². The van der Waals surface area contributed by atoms with Crippen molar-refractivity contribution in [2.75, 3.05) is 0 Å². The Morgan fingerprint density at radius 3 is 2.75 bits per heavy atom. The highest BCUT2D eigenvalue weighted by molar-refractivity contribution is 6.31. The van der Waals surface area contributed by atoms with Crippen LogP contribution in [-0.4, -0.2) is 20.7 Å². The Kier molecular flexibility index (Phi) is 4.39. The Bertz CT molecular complexity index is 587. The van der Waals surface area contributed by atoms with Crippen molar-refractivity contribution < 1.29 is 4.79 Å². The average molecular weight is 293 g/mol. The molecule has 20 heavy (non-hydrogen) atoms. The van der Waals surface area contributed by atoms with Crippen LogP contribution in [0.2, 0.25) is 5.02 Å². The number of aromatic nitrogens is 3. The average Bonchev–Trinajstić information content (AvgIpc) is 2.68. The first-order valence-electron chi connectivity index (χ1n) is 6.37. The molecule has 1 atom stereocenters. The van der Waals surface area contributed by atoms with Gasteiger partial charge in [0.2, 0.25) is 5.91 Å². The van der Waals surface area contributed by atoms with Crippen molar-refractivity contribution in [3.8, 4) is 0 Å². The van der Waals surface area contributed by atoms with E-state index in [1.807, 2.05) is 26.0 Å². The van der Waals surface area contributed by atoms with Crippen molar-refractivity contribution in [3.63, 3.8) is 0 Å². The number of hydrogen-bond donors (Lipinski definition) is 1. The molecule has 0 spiro atoms. The maximum absolute atomic E-state index is 11.9. The molecule has 0 fully saturated rings. The number of aryl methyl sites for hydroxylation is 2. The van der Waals surface area contributed by atoms with Crippen molar-refractivity contribution in [1.82, 2.24) is 20.1 Å². The summed E-state index contributed by atoms with van der Waals surface area (Å²) in [7, 11) is 0. The summed E-state index contributed by atoms with van der Waals surface area (Å²) in [6, 6.07) is 3.79. The molecule has 5 nitrogen and oxygen atoms in total. The normalized spacial score (nSPS) is 12.2. The Morgan fingerprint density at radius 2 is 2.20 bits per heavy atom. The number of halogens is 1. The van der Waals surface area contributed by atoms with E-state index in [0.717, 1.165) is 17.0 Å². The summed E-state index contributed by atoms with van der Waals surface area (Å²) in [6.45, 7) is 5.80. The summed E-state index contributed by atoms with van der Waals surface area (Å²) < 4.78 is 1.53. The summed E-state index contributed by atoms with van der Waals surface area (Å²) in [5.74, 6) is -0.114. The molecule has 2 aromatic heterocycles.